The molecule has 13 heteroatoms. The van der Waals surface area contributed by atoms with Gasteiger partial charge in [-0.15, -0.1) is 0 Å². The van der Waals surface area contributed by atoms with Crippen LogP contribution in [0.15, 0.2) is 28.7 Å². The van der Waals surface area contributed by atoms with Crippen molar-refractivity contribution in [3.8, 4) is 5.75 Å². The molecule has 1 aliphatic heterocycles. The van der Waals surface area contributed by atoms with Gasteiger partial charge in [-0.25, -0.2) is 4.39 Å². The number of Topliss-reactive ketones (excluding diaryl/α,β-unsaturated/α-hetero) is 2. The fourth-order valence-corrected chi connectivity index (χ4v) is 5.89. The van der Waals surface area contributed by atoms with E-state index in [-0.39, 0.29) is 37.1 Å². The maximum Gasteiger partial charge on any atom is 0.255 e. The topological polar surface area (TPSA) is 200 Å². The molecule has 12 nitrogen and oxygen atoms in total. The first kappa shape index (κ1) is 25.8. The molecule has 0 radical (unpaired) electrons. The number of aliphatic hydroxyl groups is 3. The van der Waals surface area contributed by atoms with Crippen LogP contribution in [0, 0.1) is 17.7 Å². The van der Waals surface area contributed by atoms with E-state index in [0.717, 1.165) is 6.07 Å². The van der Waals surface area contributed by atoms with E-state index >= 15 is 4.39 Å². The number of aliphatic hydroxyl groups excluding tert-OH is 2. The zero-order valence-corrected chi connectivity index (χ0v) is 20.1. The molecular weight excluding hydrogens is 505 g/mol. The molecule has 1 fully saturated rings. The zero-order valence-electron chi connectivity index (χ0n) is 20.1. The van der Waals surface area contributed by atoms with Gasteiger partial charge in [-0.3, -0.25) is 24.1 Å². The number of nitrogens with two attached hydrogens (primary N) is 1. The molecule has 0 bridgehead atoms. The second-order valence-electron chi connectivity index (χ2n) is 9.96. The predicted molar refractivity (Wildman–Crippen MR) is 127 cm³/mol. The van der Waals surface area contributed by atoms with Crippen molar-refractivity contribution < 1.29 is 48.7 Å². The Hall–Kier alpha value is -3.81. The van der Waals surface area contributed by atoms with Crippen molar-refractivity contribution in [1.82, 2.24) is 4.90 Å². The smallest absolute Gasteiger partial charge is 0.255 e. The summed E-state index contributed by atoms with van der Waals surface area (Å²) in [5.41, 5.74) is 0.160. The standard InChI is InChI=1S/C25H26FN3O9/c26-13-8-14(28-16(31)9-29-1-3-38-4-2-29)20(32)18-12(13)6-10-5-11-7-15(30)19(24(27)36)23(35)25(11,37)22(34)17(10)21(18)33/h8,10-11,30,32,34,37H,1-7,9H2,(H2,27,36)(H,28,31)/t10?,11-,25-/m0/s1. The monoisotopic (exact) mass is 531 g/mol. The Bertz CT molecular complexity index is 1350. The van der Waals surface area contributed by atoms with E-state index in [1.807, 2.05) is 0 Å². The summed E-state index contributed by atoms with van der Waals surface area (Å²) in [7, 11) is 0. The number of primary amides is 1. The molecular formula is C25H26FN3O9. The molecule has 1 unspecified atom stereocenters. The summed E-state index contributed by atoms with van der Waals surface area (Å²) >= 11 is 0. The normalized spacial score (nSPS) is 27.5. The molecule has 3 aliphatic carbocycles. The van der Waals surface area contributed by atoms with E-state index in [2.05, 4.69) is 5.32 Å². The molecule has 1 aromatic rings. The number of allylic oxidation sites excluding steroid dienone is 2. The second kappa shape index (κ2) is 9.19. The highest BCUT2D eigenvalue weighted by atomic mass is 19.1. The summed E-state index contributed by atoms with van der Waals surface area (Å²) in [5.74, 6) is -9.48. The number of ketones is 2. The highest BCUT2D eigenvalue weighted by molar-refractivity contribution is 6.24. The summed E-state index contributed by atoms with van der Waals surface area (Å²) in [6.07, 6.45) is -0.659. The number of carbonyl (C=O) groups excluding carboxylic acids is 4. The van der Waals surface area contributed by atoms with Gasteiger partial charge in [0.05, 0.1) is 31.0 Å². The summed E-state index contributed by atoms with van der Waals surface area (Å²) in [6, 6.07) is 0.907. The van der Waals surface area contributed by atoms with Crippen molar-refractivity contribution in [3.63, 3.8) is 0 Å². The number of hydrogen-bond acceptors (Lipinski definition) is 10. The van der Waals surface area contributed by atoms with Crippen molar-refractivity contribution in [2.45, 2.75) is 24.9 Å². The predicted octanol–water partition coefficient (Wildman–Crippen LogP) is -0.00970. The van der Waals surface area contributed by atoms with Crippen LogP contribution in [0.25, 0.3) is 0 Å². The lowest BCUT2D eigenvalue weighted by molar-refractivity contribution is -0.144. The minimum atomic E-state index is -2.71. The third-order valence-electron chi connectivity index (χ3n) is 7.75. The maximum absolute atomic E-state index is 15.2. The summed E-state index contributed by atoms with van der Waals surface area (Å²) in [6.45, 7) is 1.87. The molecule has 202 valence electrons. The molecule has 3 atom stereocenters. The summed E-state index contributed by atoms with van der Waals surface area (Å²) in [5, 5.41) is 45.8. The number of benzene rings is 1. The Morgan fingerprint density at radius 3 is 2.53 bits per heavy atom. The number of morpholine rings is 1. The lowest BCUT2D eigenvalue weighted by Crippen LogP contribution is -2.57. The number of aromatic hydroxyl groups is 1. The fraction of sp³-hybridized carbons (Fsp3) is 0.440. The van der Waals surface area contributed by atoms with E-state index < -0.39 is 80.6 Å². The van der Waals surface area contributed by atoms with Gasteiger partial charge in [0, 0.05) is 42.6 Å². The largest absolute Gasteiger partial charge is 0.511 e. The number of carbonyl (C=O) groups is 4. The molecule has 7 N–H and O–H groups in total. The van der Waals surface area contributed by atoms with Crippen LogP contribution in [0.2, 0.25) is 0 Å². The second-order valence-corrected chi connectivity index (χ2v) is 9.96. The minimum Gasteiger partial charge on any atom is -0.511 e. The third-order valence-corrected chi connectivity index (χ3v) is 7.75. The van der Waals surface area contributed by atoms with Gasteiger partial charge >= 0.3 is 0 Å². The van der Waals surface area contributed by atoms with Gasteiger partial charge < -0.3 is 36.2 Å². The van der Waals surface area contributed by atoms with Crippen LogP contribution in [0.4, 0.5) is 10.1 Å². The molecule has 4 aliphatic rings. The number of phenolic OH excluding ortho intramolecular Hbond substituents is 1. The highest BCUT2D eigenvalue weighted by Crippen LogP contribution is 2.52. The molecule has 0 saturated carbocycles. The van der Waals surface area contributed by atoms with Gasteiger partial charge in [0.15, 0.2) is 17.1 Å². The third kappa shape index (κ3) is 3.85. The Balaban J connectivity index is 1.51. The number of rotatable bonds is 4. The average molecular weight is 531 g/mol. The van der Waals surface area contributed by atoms with Crippen molar-refractivity contribution in [3.05, 3.63) is 45.7 Å². The van der Waals surface area contributed by atoms with Crippen molar-refractivity contribution in [1.29, 1.82) is 0 Å². The van der Waals surface area contributed by atoms with Gasteiger partial charge in [0.25, 0.3) is 5.91 Å². The number of anilines is 1. The number of nitrogens with one attached hydrogen (secondary N) is 1. The Labute approximate surface area is 215 Å². The number of nitrogens with zero attached hydrogens (tertiary/aromatic N) is 1. The number of hydrogen-bond donors (Lipinski definition) is 6. The zero-order chi connectivity index (χ0) is 27.5. The van der Waals surface area contributed by atoms with Crippen LogP contribution in [0.5, 0.6) is 5.75 Å². The van der Waals surface area contributed by atoms with Gasteiger partial charge in [0.2, 0.25) is 11.7 Å². The Morgan fingerprint density at radius 2 is 1.87 bits per heavy atom. The first-order valence-corrected chi connectivity index (χ1v) is 12.1. The van der Waals surface area contributed by atoms with Gasteiger partial charge in [0.1, 0.15) is 22.9 Å². The first-order valence-electron chi connectivity index (χ1n) is 12.1. The van der Waals surface area contributed by atoms with Crippen LogP contribution in [0.1, 0.15) is 28.8 Å². The number of phenols is 1. The van der Waals surface area contributed by atoms with Crippen molar-refractivity contribution in [2.24, 2.45) is 17.6 Å². The van der Waals surface area contributed by atoms with Crippen molar-refractivity contribution >= 4 is 29.1 Å². The highest BCUT2D eigenvalue weighted by Gasteiger charge is 2.59. The van der Waals surface area contributed by atoms with Crippen LogP contribution in [0.3, 0.4) is 0 Å². The van der Waals surface area contributed by atoms with Crippen molar-refractivity contribution in [2.75, 3.05) is 38.2 Å². The lowest BCUT2D eigenvalue weighted by atomic mass is 9.60. The molecule has 1 saturated heterocycles. The number of fused-ring (bicyclic) bond motifs is 3. The minimum absolute atomic E-state index is 0.0530. The molecule has 1 heterocycles. The quantitative estimate of drug-likeness (QED) is 0.227. The molecule has 5 rings (SSSR count). The fourth-order valence-electron chi connectivity index (χ4n) is 5.89. The average Bonchev–Trinajstić information content (AvgIpc) is 2.85. The molecule has 2 amide bonds. The maximum atomic E-state index is 15.2. The van der Waals surface area contributed by atoms with Crippen LogP contribution in [-0.2, 0) is 25.5 Å². The molecule has 1 aromatic carbocycles. The van der Waals surface area contributed by atoms with E-state index in [1.54, 1.807) is 4.90 Å². The van der Waals surface area contributed by atoms with E-state index in [4.69, 9.17) is 10.5 Å². The molecule has 0 spiro atoms. The SMILES string of the molecule is NC(=O)C1=C(O)C[C@@H]2CC3Cc4c(F)cc(NC(=O)CN5CCOCC5)c(O)c4C(=O)C3=C(O)[C@]2(O)C1=O. The number of halogens is 1. The van der Waals surface area contributed by atoms with E-state index in [0.29, 0.717) is 26.3 Å². The van der Waals surface area contributed by atoms with Crippen LogP contribution < -0.4 is 11.1 Å². The first-order chi connectivity index (χ1) is 17.9. The lowest BCUT2D eigenvalue weighted by Gasteiger charge is -2.45. The van der Waals surface area contributed by atoms with Crippen LogP contribution in [-0.4, -0.2) is 87.2 Å². The van der Waals surface area contributed by atoms with Gasteiger partial charge in [-0.1, -0.05) is 0 Å². The van der Waals surface area contributed by atoms with Gasteiger partial charge in [-0.05, 0) is 18.8 Å². The molecule has 38 heavy (non-hydrogen) atoms. The Kier molecular flexibility index (Phi) is 6.24. The summed E-state index contributed by atoms with van der Waals surface area (Å²) < 4.78 is 20.4. The number of ether oxygens (including phenoxy) is 1. The number of amides is 2. The van der Waals surface area contributed by atoms with Crippen LogP contribution >= 0.6 is 0 Å². The van der Waals surface area contributed by atoms with E-state index in [9.17, 15) is 39.6 Å². The van der Waals surface area contributed by atoms with Gasteiger partial charge in [-0.2, -0.15) is 0 Å². The summed E-state index contributed by atoms with van der Waals surface area (Å²) in [4.78, 5) is 52.6. The molecule has 0 aromatic heterocycles. The van der Waals surface area contributed by atoms with E-state index in [1.165, 1.54) is 0 Å². The Morgan fingerprint density at radius 1 is 1.18 bits per heavy atom.